The maximum Gasteiger partial charge on any atom is 0.123 e. The quantitative estimate of drug-likeness (QED) is 0.844. The van der Waals surface area contributed by atoms with Gasteiger partial charge in [0.1, 0.15) is 10.8 Å². The van der Waals surface area contributed by atoms with Crippen molar-refractivity contribution >= 4 is 34.5 Å². The van der Waals surface area contributed by atoms with E-state index in [0.29, 0.717) is 16.6 Å². The molecular formula is C14H12ClFN2S. The summed E-state index contributed by atoms with van der Waals surface area (Å²) in [6, 6.07) is 11.7. The van der Waals surface area contributed by atoms with E-state index in [1.165, 1.54) is 12.1 Å². The molecule has 0 saturated carbocycles. The average molecular weight is 295 g/mol. The van der Waals surface area contributed by atoms with E-state index in [4.69, 9.17) is 29.6 Å². The van der Waals surface area contributed by atoms with Gasteiger partial charge in [0.2, 0.25) is 0 Å². The third kappa shape index (κ3) is 3.66. The SMILES string of the molecule is NC(=S)c1ccc(NCc2cccc(F)c2)c(Cl)c1. The zero-order valence-electron chi connectivity index (χ0n) is 9.99. The van der Waals surface area contributed by atoms with E-state index in [2.05, 4.69) is 5.32 Å². The second kappa shape index (κ2) is 5.99. The number of halogens is 2. The summed E-state index contributed by atoms with van der Waals surface area (Å²) in [6.07, 6.45) is 0. The first-order valence-corrected chi connectivity index (χ1v) is 6.42. The Hall–Kier alpha value is -1.65. The number of anilines is 1. The molecule has 0 amide bonds. The maximum atomic E-state index is 13.0. The molecule has 3 N–H and O–H groups in total. The van der Waals surface area contributed by atoms with Gasteiger partial charge in [0.05, 0.1) is 10.7 Å². The van der Waals surface area contributed by atoms with Gasteiger partial charge in [0.15, 0.2) is 0 Å². The van der Waals surface area contributed by atoms with Gasteiger partial charge in [0, 0.05) is 12.1 Å². The first-order valence-electron chi connectivity index (χ1n) is 5.64. The molecule has 2 rings (SSSR count). The highest BCUT2D eigenvalue weighted by Crippen LogP contribution is 2.23. The lowest BCUT2D eigenvalue weighted by Gasteiger charge is -2.10. The summed E-state index contributed by atoms with van der Waals surface area (Å²) in [7, 11) is 0. The second-order valence-corrected chi connectivity index (χ2v) is 4.89. The Bertz CT molecular complexity index is 616. The minimum Gasteiger partial charge on any atom is -0.389 e. The highest BCUT2D eigenvalue weighted by Gasteiger charge is 2.04. The lowest BCUT2D eigenvalue weighted by atomic mass is 10.2. The number of nitrogens with one attached hydrogen (secondary N) is 1. The van der Waals surface area contributed by atoms with Gasteiger partial charge in [0.25, 0.3) is 0 Å². The fourth-order valence-corrected chi connectivity index (χ4v) is 2.03. The Labute approximate surface area is 121 Å². The molecule has 0 atom stereocenters. The molecule has 19 heavy (non-hydrogen) atoms. The third-order valence-electron chi connectivity index (χ3n) is 2.63. The Morgan fingerprint density at radius 3 is 2.68 bits per heavy atom. The van der Waals surface area contributed by atoms with E-state index in [9.17, 15) is 4.39 Å². The highest BCUT2D eigenvalue weighted by molar-refractivity contribution is 7.80. The van der Waals surface area contributed by atoms with E-state index < -0.39 is 0 Å². The summed E-state index contributed by atoms with van der Waals surface area (Å²) >= 11 is 11.0. The standard InChI is InChI=1S/C14H12ClFN2S/c15-12-7-10(14(17)19)4-5-13(12)18-8-9-2-1-3-11(16)6-9/h1-7,18H,8H2,(H2,17,19). The summed E-state index contributed by atoms with van der Waals surface area (Å²) in [4.78, 5) is 0.304. The predicted molar refractivity (Wildman–Crippen MR) is 81.1 cm³/mol. The molecule has 2 aromatic rings. The van der Waals surface area contributed by atoms with Gasteiger partial charge in [-0.15, -0.1) is 0 Å². The molecule has 0 aliphatic heterocycles. The topological polar surface area (TPSA) is 38.0 Å². The van der Waals surface area contributed by atoms with Gasteiger partial charge in [-0.1, -0.05) is 36.0 Å². The van der Waals surface area contributed by atoms with Crippen molar-refractivity contribution in [2.24, 2.45) is 5.73 Å². The van der Waals surface area contributed by atoms with Gasteiger partial charge in [-0.25, -0.2) is 4.39 Å². The molecular weight excluding hydrogens is 283 g/mol. The molecule has 0 saturated heterocycles. The molecule has 0 unspecified atom stereocenters. The van der Waals surface area contributed by atoms with Crippen LogP contribution in [0, 0.1) is 5.82 Å². The molecule has 0 spiro atoms. The van der Waals surface area contributed by atoms with Crippen LogP contribution >= 0.6 is 23.8 Å². The first-order chi connectivity index (χ1) is 9.06. The molecule has 0 aromatic heterocycles. The van der Waals surface area contributed by atoms with Crippen LogP contribution in [0.15, 0.2) is 42.5 Å². The van der Waals surface area contributed by atoms with E-state index in [1.807, 2.05) is 6.07 Å². The molecule has 0 bridgehead atoms. The molecule has 0 aliphatic rings. The number of rotatable bonds is 4. The minimum absolute atomic E-state index is 0.255. The van der Waals surface area contributed by atoms with E-state index in [-0.39, 0.29) is 5.82 Å². The van der Waals surface area contributed by atoms with Crippen LogP contribution in [0.3, 0.4) is 0 Å². The zero-order chi connectivity index (χ0) is 13.8. The molecule has 0 heterocycles. The summed E-state index contributed by atoms with van der Waals surface area (Å²) in [5.74, 6) is -0.255. The van der Waals surface area contributed by atoms with Crippen molar-refractivity contribution in [1.29, 1.82) is 0 Å². The Morgan fingerprint density at radius 2 is 2.05 bits per heavy atom. The first kappa shape index (κ1) is 13.8. The summed E-state index contributed by atoms with van der Waals surface area (Å²) in [5.41, 5.74) is 7.84. The normalized spacial score (nSPS) is 10.2. The van der Waals surface area contributed by atoms with Gasteiger partial charge in [-0.3, -0.25) is 0 Å². The van der Waals surface area contributed by atoms with E-state index in [0.717, 1.165) is 16.8 Å². The van der Waals surface area contributed by atoms with Gasteiger partial charge < -0.3 is 11.1 Å². The van der Waals surface area contributed by atoms with Gasteiger partial charge in [-0.2, -0.15) is 0 Å². The Balaban J connectivity index is 2.10. The van der Waals surface area contributed by atoms with Crippen molar-refractivity contribution < 1.29 is 4.39 Å². The Morgan fingerprint density at radius 1 is 1.26 bits per heavy atom. The van der Waals surface area contributed by atoms with E-state index in [1.54, 1.807) is 24.3 Å². The second-order valence-electron chi connectivity index (χ2n) is 4.04. The zero-order valence-corrected chi connectivity index (χ0v) is 11.6. The van der Waals surface area contributed by atoms with Crippen LogP contribution in [0.2, 0.25) is 5.02 Å². The molecule has 0 radical (unpaired) electrons. The largest absolute Gasteiger partial charge is 0.389 e. The number of hydrogen-bond acceptors (Lipinski definition) is 2. The fourth-order valence-electron chi connectivity index (χ4n) is 1.66. The van der Waals surface area contributed by atoms with Crippen molar-refractivity contribution in [3.8, 4) is 0 Å². The molecule has 2 nitrogen and oxygen atoms in total. The molecule has 2 aromatic carbocycles. The lowest BCUT2D eigenvalue weighted by molar-refractivity contribution is 0.626. The number of benzene rings is 2. The van der Waals surface area contributed by atoms with Crippen molar-refractivity contribution in [3.63, 3.8) is 0 Å². The lowest BCUT2D eigenvalue weighted by Crippen LogP contribution is -2.09. The summed E-state index contributed by atoms with van der Waals surface area (Å²) in [5, 5.41) is 3.67. The number of nitrogens with two attached hydrogens (primary N) is 1. The number of hydrogen-bond donors (Lipinski definition) is 2. The van der Waals surface area contributed by atoms with Crippen molar-refractivity contribution in [1.82, 2.24) is 0 Å². The maximum absolute atomic E-state index is 13.0. The highest BCUT2D eigenvalue weighted by atomic mass is 35.5. The van der Waals surface area contributed by atoms with Gasteiger partial charge in [-0.05, 0) is 35.9 Å². The molecule has 0 aliphatic carbocycles. The number of thiocarbonyl (C=S) groups is 1. The van der Waals surface area contributed by atoms with Crippen molar-refractivity contribution in [3.05, 3.63) is 64.4 Å². The molecule has 5 heteroatoms. The third-order valence-corrected chi connectivity index (χ3v) is 3.17. The van der Waals surface area contributed by atoms with Crippen molar-refractivity contribution in [2.45, 2.75) is 6.54 Å². The monoisotopic (exact) mass is 294 g/mol. The van der Waals surface area contributed by atoms with Crippen LogP contribution < -0.4 is 11.1 Å². The van der Waals surface area contributed by atoms with Crippen LogP contribution in [-0.2, 0) is 6.54 Å². The minimum atomic E-state index is -0.255. The smallest absolute Gasteiger partial charge is 0.123 e. The van der Waals surface area contributed by atoms with Crippen LogP contribution in [-0.4, -0.2) is 4.99 Å². The van der Waals surface area contributed by atoms with Crippen LogP contribution in [0.1, 0.15) is 11.1 Å². The molecule has 98 valence electrons. The van der Waals surface area contributed by atoms with Crippen molar-refractivity contribution in [2.75, 3.05) is 5.32 Å². The summed E-state index contributed by atoms with van der Waals surface area (Å²) in [6.45, 7) is 0.490. The van der Waals surface area contributed by atoms with Crippen LogP contribution in [0.5, 0.6) is 0 Å². The average Bonchev–Trinajstić information content (AvgIpc) is 2.37. The fraction of sp³-hybridized carbons (Fsp3) is 0.0714. The van der Waals surface area contributed by atoms with E-state index >= 15 is 0 Å². The van der Waals surface area contributed by atoms with Crippen LogP contribution in [0.4, 0.5) is 10.1 Å². The predicted octanol–water partition coefficient (Wildman–Crippen LogP) is 3.73. The van der Waals surface area contributed by atoms with Gasteiger partial charge >= 0.3 is 0 Å². The van der Waals surface area contributed by atoms with Crippen LogP contribution in [0.25, 0.3) is 0 Å². The summed E-state index contributed by atoms with van der Waals surface area (Å²) < 4.78 is 13.0. The molecule has 0 fully saturated rings. The Kier molecular flexibility index (Phi) is 4.35.